The average molecular weight is 551 g/mol. The highest BCUT2D eigenvalue weighted by Crippen LogP contribution is 2.43. The van der Waals surface area contributed by atoms with Crippen molar-refractivity contribution in [3.8, 4) is 0 Å². The Bertz CT molecular complexity index is 806. The van der Waals surface area contributed by atoms with Crippen molar-refractivity contribution in [2.75, 3.05) is 59.3 Å². The topological polar surface area (TPSA) is 202 Å². The number of phosphoric acid groups is 1. The van der Waals surface area contributed by atoms with E-state index in [0.29, 0.717) is 0 Å². The monoisotopic (exact) mass is 550 g/mol. The van der Waals surface area contributed by atoms with Gasteiger partial charge in [0.05, 0.1) is 38.3 Å². The Morgan fingerprint density at radius 3 is 2.17 bits per heavy atom. The number of sulfonamides is 1. The smallest absolute Gasteiger partial charge is 0.462 e. The van der Waals surface area contributed by atoms with Gasteiger partial charge in [-0.25, -0.2) is 17.7 Å². The number of hydrogen-bond donors (Lipinski definition) is 3. The van der Waals surface area contributed by atoms with Gasteiger partial charge in [0, 0.05) is 26.9 Å². The van der Waals surface area contributed by atoms with Crippen LogP contribution in [-0.4, -0.2) is 102 Å². The van der Waals surface area contributed by atoms with Crippen molar-refractivity contribution in [1.29, 1.82) is 0 Å². The summed E-state index contributed by atoms with van der Waals surface area (Å²) in [5, 5.41) is 1.86. The first-order valence-corrected chi connectivity index (χ1v) is 13.6. The fraction of sp³-hybridized carbons (Fsp3) is 0.833. The third kappa shape index (κ3) is 19.2. The highest BCUT2D eigenvalue weighted by molar-refractivity contribution is 7.90. The summed E-state index contributed by atoms with van der Waals surface area (Å²) in [6.45, 7) is 4.17. The van der Waals surface area contributed by atoms with E-state index >= 15 is 0 Å². The van der Waals surface area contributed by atoms with E-state index in [9.17, 15) is 32.3 Å². The quantitative estimate of drug-likeness (QED) is 0.0956. The fourth-order valence-corrected chi connectivity index (χ4v) is 3.44. The molecule has 0 aliphatic heterocycles. The minimum Gasteiger partial charge on any atom is -0.462 e. The number of hydrogen-bond acceptors (Lipinski definition) is 12. The van der Waals surface area contributed by atoms with Crippen LogP contribution in [0.4, 0.5) is 0 Å². The van der Waals surface area contributed by atoms with Crippen molar-refractivity contribution in [1.82, 2.24) is 10.0 Å². The number of amides is 1. The van der Waals surface area contributed by atoms with Gasteiger partial charge in [-0.2, -0.15) is 0 Å². The molecule has 15 nitrogen and oxygen atoms in total. The molecule has 0 aromatic heterocycles. The van der Waals surface area contributed by atoms with Crippen LogP contribution in [-0.2, 0) is 57.0 Å². The SMILES string of the molecule is CC(=O)OC[C@H](COP(=O)(O)OCCNC(=O)COCCOCCNS(=O)(=O)C(C)C)OC(C)=O. The van der Waals surface area contributed by atoms with Gasteiger partial charge >= 0.3 is 19.8 Å². The number of rotatable bonds is 20. The number of carbonyl (C=O) groups excluding carboxylic acids is 3. The van der Waals surface area contributed by atoms with Gasteiger partial charge in [0.15, 0.2) is 6.10 Å². The van der Waals surface area contributed by atoms with Crippen molar-refractivity contribution in [3.63, 3.8) is 0 Å². The molecule has 0 bridgehead atoms. The third-order valence-electron chi connectivity index (χ3n) is 3.68. The average Bonchev–Trinajstić information content (AvgIpc) is 2.74. The maximum Gasteiger partial charge on any atom is 0.472 e. The molecule has 0 aromatic carbocycles. The highest BCUT2D eigenvalue weighted by Gasteiger charge is 2.25. The normalized spacial score (nSPS) is 14.2. The second-order valence-electron chi connectivity index (χ2n) is 7.13. The van der Waals surface area contributed by atoms with E-state index in [1.807, 2.05) is 0 Å². The van der Waals surface area contributed by atoms with Gasteiger partial charge in [-0.1, -0.05) is 0 Å². The van der Waals surface area contributed by atoms with Crippen LogP contribution in [0.5, 0.6) is 0 Å². The molecule has 0 aliphatic rings. The van der Waals surface area contributed by atoms with Crippen LogP contribution >= 0.6 is 7.82 Å². The molecule has 0 aliphatic carbocycles. The molecule has 1 unspecified atom stereocenters. The summed E-state index contributed by atoms with van der Waals surface area (Å²) in [5.41, 5.74) is 0. The minimum atomic E-state index is -4.53. The van der Waals surface area contributed by atoms with Crippen molar-refractivity contribution in [2.24, 2.45) is 0 Å². The van der Waals surface area contributed by atoms with E-state index < -0.39 is 53.7 Å². The Morgan fingerprint density at radius 1 is 0.914 bits per heavy atom. The lowest BCUT2D eigenvalue weighted by Crippen LogP contribution is -2.33. The fourth-order valence-electron chi connectivity index (χ4n) is 1.99. The Hall–Kier alpha value is -1.65. The van der Waals surface area contributed by atoms with Gasteiger partial charge < -0.3 is 29.2 Å². The van der Waals surface area contributed by atoms with Crippen LogP contribution in [0.15, 0.2) is 0 Å². The molecular formula is C18H35N2O13PS. The molecular weight excluding hydrogens is 515 g/mol. The van der Waals surface area contributed by atoms with Crippen LogP contribution in [0.25, 0.3) is 0 Å². The first-order valence-electron chi connectivity index (χ1n) is 10.6. The van der Waals surface area contributed by atoms with Crippen molar-refractivity contribution in [2.45, 2.75) is 39.0 Å². The lowest BCUT2D eigenvalue weighted by Gasteiger charge is -2.18. The molecule has 0 rings (SSSR count). The van der Waals surface area contributed by atoms with Crippen molar-refractivity contribution < 1.29 is 60.3 Å². The molecule has 0 spiro atoms. The molecule has 0 saturated carbocycles. The summed E-state index contributed by atoms with van der Waals surface area (Å²) in [4.78, 5) is 43.2. The zero-order valence-electron chi connectivity index (χ0n) is 20.2. The van der Waals surface area contributed by atoms with Crippen molar-refractivity contribution in [3.05, 3.63) is 0 Å². The molecule has 0 fully saturated rings. The summed E-state index contributed by atoms with van der Waals surface area (Å²) in [6, 6.07) is 0. The second kappa shape index (κ2) is 17.7. The van der Waals surface area contributed by atoms with Gasteiger partial charge in [-0.3, -0.25) is 23.4 Å². The molecule has 206 valence electrons. The number of carbonyl (C=O) groups is 3. The molecule has 0 saturated heterocycles. The summed E-state index contributed by atoms with van der Waals surface area (Å²) >= 11 is 0. The van der Waals surface area contributed by atoms with Gasteiger partial charge in [0.1, 0.15) is 13.2 Å². The minimum absolute atomic E-state index is 0.0946. The van der Waals surface area contributed by atoms with E-state index in [1.165, 1.54) is 0 Å². The predicted octanol–water partition coefficient (Wildman–Crippen LogP) is -0.908. The second-order valence-corrected chi connectivity index (χ2v) is 10.9. The molecule has 0 radical (unpaired) electrons. The molecule has 0 heterocycles. The zero-order chi connectivity index (χ0) is 26.9. The summed E-state index contributed by atoms with van der Waals surface area (Å²) in [6.07, 6.45) is -1.11. The molecule has 17 heteroatoms. The molecule has 0 aromatic rings. The van der Waals surface area contributed by atoms with Gasteiger partial charge in [0.25, 0.3) is 0 Å². The summed E-state index contributed by atoms with van der Waals surface area (Å²) < 4.78 is 66.5. The van der Waals surface area contributed by atoms with Crippen LogP contribution in [0.1, 0.15) is 27.7 Å². The van der Waals surface area contributed by atoms with Crippen LogP contribution in [0.3, 0.4) is 0 Å². The summed E-state index contributed by atoms with van der Waals surface area (Å²) in [7, 11) is -7.87. The first-order chi connectivity index (χ1) is 16.2. The molecule has 2 atom stereocenters. The van der Waals surface area contributed by atoms with Gasteiger partial charge in [0.2, 0.25) is 15.9 Å². The lowest BCUT2D eigenvalue weighted by atomic mass is 10.4. The predicted molar refractivity (Wildman–Crippen MR) is 121 cm³/mol. The Labute approximate surface area is 204 Å². The van der Waals surface area contributed by atoms with Crippen molar-refractivity contribution >= 4 is 35.7 Å². The van der Waals surface area contributed by atoms with E-state index in [0.717, 1.165) is 13.8 Å². The number of phosphoric ester groups is 1. The van der Waals surface area contributed by atoms with Crippen LogP contribution < -0.4 is 10.0 Å². The number of esters is 2. The molecule has 35 heavy (non-hydrogen) atoms. The van der Waals surface area contributed by atoms with Gasteiger partial charge in [-0.05, 0) is 13.8 Å². The Balaban J connectivity index is 3.93. The number of nitrogens with one attached hydrogen (secondary N) is 2. The van der Waals surface area contributed by atoms with Crippen LogP contribution in [0.2, 0.25) is 0 Å². The number of ether oxygens (including phenoxy) is 4. The maximum absolute atomic E-state index is 11.9. The van der Waals surface area contributed by atoms with Crippen LogP contribution in [0, 0.1) is 0 Å². The van der Waals surface area contributed by atoms with Gasteiger partial charge in [-0.15, -0.1) is 0 Å². The Kier molecular flexibility index (Phi) is 16.9. The molecule has 3 N–H and O–H groups in total. The Morgan fingerprint density at radius 2 is 1.57 bits per heavy atom. The standard InChI is InChI=1S/C18H35N2O13PS/c1-14(2)35(26,27)20-6-7-28-9-10-29-13-18(23)19-5-8-31-34(24,25)32-12-17(33-16(4)22)11-30-15(3)21/h14,17,20H,5-13H2,1-4H3,(H,19,23)(H,24,25)/t17-/m1/s1. The maximum atomic E-state index is 11.9. The van der Waals surface area contributed by atoms with E-state index in [4.69, 9.17) is 23.3 Å². The lowest BCUT2D eigenvalue weighted by molar-refractivity contribution is -0.158. The van der Waals surface area contributed by atoms with E-state index in [-0.39, 0.29) is 52.7 Å². The van der Waals surface area contributed by atoms with E-state index in [2.05, 4.69) is 14.8 Å². The summed E-state index contributed by atoms with van der Waals surface area (Å²) in [5.74, 6) is -1.85. The zero-order valence-corrected chi connectivity index (χ0v) is 21.9. The molecule has 1 amide bonds. The highest BCUT2D eigenvalue weighted by atomic mass is 32.2. The third-order valence-corrected chi connectivity index (χ3v) is 6.51. The largest absolute Gasteiger partial charge is 0.472 e. The first kappa shape index (κ1) is 33.4. The van der Waals surface area contributed by atoms with E-state index in [1.54, 1.807) is 13.8 Å².